The van der Waals surface area contributed by atoms with E-state index in [1.165, 1.54) is 18.4 Å². The van der Waals surface area contributed by atoms with Crippen LogP contribution in [0.4, 0.5) is 5.00 Å². The first-order valence-corrected chi connectivity index (χ1v) is 13.1. The fourth-order valence-electron chi connectivity index (χ4n) is 5.05. The van der Waals surface area contributed by atoms with Gasteiger partial charge in [0.25, 0.3) is 0 Å². The van der Waals surface area contributed by atoms with E-state index < -0.39 is 0 Å². The molecule has 1 aromatic carbocycles. The summed E-state index contributed by atoms with van der Waals surface area (Å²) in [4.78, 5) is 10.9. The summed E-state index contributed by atoms with van der Waals surface area (Å²) in [6.45, 7) is 1.92. The molecule has 0 bridgehead atoms. The van der Waals surface area contributed by atoms with E-state index in [0.29, 0.717) is 0 Å². The van der Waals surface area contributed by atoms with Gasteiger partial charge in [0.05, 0.1) is 23.5 Å². The SMILES string of the molecule is COc1ccc([C@]2(C#Cc3ccc(N4C=NC(C)O4)s3)CC[C@H](N)CC2)cc1OC1CCCC1. The second kappa shape index (κ2) is 9.99. The third kappa shape index (κ3) is 4.95. The molecule has 6 nitrogen and oxygen atoms in total. The number of nitrogens with two attached hydrogens (primary N) is 1. The highest BCUT2D eigenvalue weighted by molar-refractivity contribution is 7.16. The van der Waals surface area contributed by atoms with Crippen molar-refractivity contribution in [3.63, 3.8) is 0 Å². The molecular formula is C27H33N3O3S. The maximum Gasteiger partial charge on any atom is 0.174 e. The summed E-state index contributed by atoms with van der Waals surface area (Å²) >= 11 is 1.61. The van der Waals surface area contributed by atoms with Gasteiger partial charge < -0.3 is 15.2 Å². The molecule has 2 fully saturated rings. The Morgan fingerprint density at radius 2 is 1.91 bits per heavy atom. The van der Waals surface area contributed by atoms with Gasteiger partial charge >= 0.3 is 0 Å². The molecule has 1 aliphatic heterocycles. The minimum Gasteiger partial charge on any atom is -0.493 e. The van der Waals surface area contributed by atoms with Crippen LogP contribution in [0.2, 0.25) is 0 Å². The van der Waals surface area contributed by atoms with Crippen LogP contribution in [0.3, 0.4) is 0 Å². The van der Waals surface area contributed by atoms with Crippen LogP contribution in [0.15, 0.2) is 35.3 Å². The minimum absolute atomic E-state index is 0.151. The van der Waals surface area contributed by atoms with Crippen molar-refractivity contribution in [1.29, 1.82) is 0 Å². The first-order valence-electron chi connectivity index (χ1n) is 12.3. The zero-order valence-corrected chi connectivity index (χ0v) is 20.8. The Morgan fingerprint density at radius 3 is 2.62 bits per heavy atom. The average molecular weight is 480 g/mol. The monoisotopic (exact) mass is 479 g/mol. The number of ether oxygens (including phenoxy) is 2. The lowest BCUT2D eigenvalue weighted by atomic mass is 9.68. The van der Waals surface area contributed by atoms with Crippen molar-refractivity contribution >= 4 is 22.7 Å². The van der Waals surface area contributed by atoms with Gasteiger partial charge in [0.15, 0.2) is 17.7 Å². The number of hydrogen-bond donors (Lipinski definition) is 1. The topological polar surface area (TPSA) is 69.3 Å². The summed E-state index contributed by atoms with van der Waals surface area (Å²) in [6, 6.07) is 10.7. The van der Waals surface area contributed by atoms with E-state index in [0.717, 1.165) is 59.9 Å². The molecule has 2 saturated carbocycles. The van der Waals surface area contributed by atoms with Crippen molar-refractivity contribution in [2.45, 2.75) is 82.1 Å². The summed E-state index contributed by atoms with van der Waals surface area (Å²) in [5.41, 5.74) is 7.23. The van der Waals surface area contributed by atoms with Gasteiger partial charge in [-0.2, -0.15) is 5.06 Å². The minimum atomic E-state index is -0.250. The Labute approximate surface area is 206 Å². The highest BCUT2D eigenvalue weighted by Crippen LogP contribution is 2.43. The van der Waals surface area contributed by atoms with E-state index >= 15 is 0 Å². The molecule has 7 heteroatoms. The number of anilines is 1. The molecule has 0 radical (unpaired) electrons. The van der Waals surface area contributed by atoms with Crippen molar-refractivity contribution in [1.82, 2.24) is 0 Å². The number of hydrogen-bond acceptors (Lipinski definition) is 7. The second-order valence-corrected chi connectivity index (χ2v) is 10.6. The van der Waals surface area contributed by atoms with Gasteiger partial charge in [0.2, 0.25) is 0 Å². The van der Waals surface area contributed by atoms with Crippen molar-refractivity contribution in [2.24, 2.45) is 10.7 Å². The molecule has 2 heterocycles. The molecule has 0 spiro atoms. The van der Waals surface area contributed by atoms with E-state index in [9.17, 15) is 0 Å². The number of methoxy groups -OCH3 is 1. The molecule has 2 aromatic rings. The van der Waals surface area contributed by atoms with Crippen LogP contribution < -0.4 is 20.3 Å². The molecule has 3 aliphatic rings. The number of rotatable bonds is 5. The fraction of sp³-hybridized carbons (Fsp3) is 0.519. The maximum absolute atomic E-state index is 6.40. The van der Waals surface area contributed by atoms with Gasteiger partial charge in [-0.25, -0.2) is 9.83 Å². The molecule has 34 heavy (non-hydrogen) atoms. The number of benzene rings is 1. The summed E-state index contributed by atoms with van der Waals surface area (Å²) < 4.78 is 12.0. The molecular weight excluding hydrogens is 446 g/mol. The fourth-order valence-corrected chi connectivity index (χ4v) is 5.83. The lowest BCUT2D eigenvalue weighted by Crippen LogP contribution is -2.36. The summed E-state index contributed by atoms with van der Waals surface area (Å²) in [6.07, 6.45) is 10.3. The predicted octanol–water partition coefficient (Wildman–Crippen LogP) is 5.39. The normalized spacial score (nSPS) is 27.0. The zero-order chi connectivity index (χ0) is 23.5. The molecule has 1 atom stereocenters. The summed E-state index contributed by atoms with van der Waals surface area (Å²) in [5, 5.41) is 2.69. The Hall–Kier alpha value is -2.53. The maximum atomic E-state index is 6.40. The van der Waals surface area contributed by atoms with Crippen LogP contribution in [-0.2, 0) is 10.3 Å². The van der Waals surface area contributed by atoms with Gasteiger partial charge in [0.1, 0.15) is 11.3 Å². The number of aliphatic imine (C=N–C) groups is 1. The van der Waals surface area contributed by atoms with Gasteiger partial charge in [-0.05, 0) is 88.1 Å². The third-order valence-corrected chi connectivity index (χ3v) is 8.06. The Balaban J connectivity index is 1.44. The lowest BCUT2D eigenvalue weighted by molar-refractivity contribution is 0.102. The molecule has 0 amide bonds. The first kappa shape index (κ1) is 23.2. The molecule has 1 unspecified atom stereocenters. The van der Waals surface area contributed by atoms with Gasteiger partial charge in [-0.15, -0.1) is 11.3 Å². The molecule has 5 rings (SSSR count). The first-order chi connectivity index (χ1) is 16.5. The summed E-state index contributed by atoms with van der Waals surface area (Å²) in [5.74, 6) is 8.77. The van der Waals surface area contributed by atoms with Crippen LogP contribution in [0.1, 0.15) is 68.7 Å². The van der Waals surface area contributed by atoms with Gasteiger partial charge in [-0.1, -0.05) is 17.9 Å². The van der Waals surface area contributed by atoms with Crippen molar-refractivity contribution < 1.29 is 14.3 Å². The molecule has 0 saturated heterocycles. The second-order valence-electron chi connectivity index (χ2n) is 9.49. The van der Waals surface area contributed by atoms with E-state index in [1.807, 2.05) is 19.1 Å². The standard InChI is InChI=1S/C27H33N3O3S/c1-19-29-18-30(33-19)26-10-8-23(34-26)13-16-27(14-11-21(28)12-15-27)20-7-9-24(31-2)25(17-20)32-22-5-3-4-6-22/h7-10,17-19,21-22H,3-6,11-12,14-15,28H2,1-2H3/t19?,21-,27+. The highest BCUT2D eigenvalue weighted by Gasteiger charge is 2.35. The Morgan fingerprint density at radius 1 is 1.12 bits per heavy atom. The molecule has 2 aliphatic carbocycles. The van der Waals surface area contributed by atoms with E-state index in [2.05, 4.69) is 35.0 Å². The van der Waals surface area contributed by atoms with Crippen LogP contribution >= 0.6 is 11.3 Å². The predicted molar refractivity (Wildman–Crippen MR) is 137 cm³/mol. The molecule has 1 aromatic heterocycles. The number of hydroxylamine groups is 1. The smallest absolute Gasteiger partial charge is 0.174 e. The largest absolute Gasteiger partial charge is 0.493 e. The summed E-state index contributed by atoms with van der Waals surface area (Å²) in [7, 11) is 1.70. The van der Waals surface area contributed by atoms with Crippen LogP contribution in [0, 0.1) is 11.8 Å². The number of thiophene rings is 1. The van der Waals surface area contributed by atoms with Crippen LogP contribution in [0.25, 0.3) is 0 Å². The molecule has 2 N–H and O–H groups in total. The quantitative estimate of drug-likeness (QED) is 0.582. The highest BCUT2D eigenvalue weighted by atomic mass is 32.1. The average Bonchev–Trinajstić information content (AvgIpc) is 3.61. The van der Waals surface area contributed by atoms with Gasteiger partial charge in [0, 0.05) is 6.04 Å². The lowest BCUT2D eigenvalue weighted by Gasteiger charge is -2.36. The number of nitrogens with zero attached hydrogens (tertiary/aromatic N) is 2. The van der Waals surface area contributed by atoms with E-state index in [4.69, 9.17) is 20.0 Å². The zero-order valence-electron chi connectivity index (χ0n) is 20.0. The molecule has 180 valence electrons. The van der Waals surface area contributed by atoms with Crippen LogP contribution in [0.5, 0.6) is 11.5 Å². The van der Waals surface area contributed by atoms with Crippen LogP contribution in [-0.4, -0.2) is 31.8 Å². The van der Waals surface area contributed by atoms with Crippen molar-refractivity contribution in [3.8, 4) is 23.3 Å². The third-order valence-electron chi connectivity index (χ3n) is 7.08. The van der Waals surface area contributed by atoms with Gasteiger partial charge in [-0.3, -0.25) is 0 Å². The van der Waals surface area contributed by atoms with E-state index in [1.54, 1.807) is 29.8 Å². The Kier molecular flexibility index (Phi) is 6.82. The van der Waals surface area contributed by atoms with Crippen molar-refractivity contribution in [2.75, 3.05) is 12.2 Å². The Bertz CT molecular complexity index is 1090. The van der Waals surface area contributed by atoms with Crippen molar-refractivity contribution in [3.05, 3.63) is 40.8 Å². The van der Waals surface area contributed by atoms with E-state index in [-0.39, 0.29) is 23.8 Å².